The summed E-state index contributed by atoms with van der Waals surface area (Å²) in [5.41, 5.74) is 1.83. The van der Waals surface area contributed by atoms with E-state index in [2.05, 4.69) is 4.98 Å². The molecule has 2 heterocycles. The zero-order valence-corrected chi connectivity index (χ0v) is 7.16. The summed E-state index contributed by atoms with van der Waals surface area (Å²) >= 11 is 0. The lowest BCUT2D eigenvalue weighted by Crippen LogP contribution is -2.11. The molecule has 1 saturated carbocycles. The molecule has 13 heavy (non-hydrogen) atoms. The molecule has 0 radical (unpaired) electrons. The van der Waals surface area contributed by atoms with Crippen molar-refractivity contribution >= 4 is 5.52 Å². The Morgan fingerprint density at radius 1 is 1.46 bits per heavy atom. The quantitative estimate of drug-likeness (QED) is 0.699. The van der Waals surface area contributed by atoms with E-state index in [9.17, 15) is 4.79 Å². The maximum absolute atomic E-state index is 11.5. The van der Waals surface area contributed by atoms with Gasteiger partial charge in [0.1, 0.15) is 5.52 Å². The first-order valence-electron chi connectivity index (χ1n) is 4.54. The van der Waals surface area contributed by atoms with Gasteiger partial charge in [-0.15, -0.1) is 0 Å². The summed E-state index contributed by atoms with van der Waals surface area (Å²) in [6, 6.07) is 3.72. The van der Waals surface area contributed by atoms with Crippen LogP contribution in [-0.2, 0) is 0 Å². The number of nitrogens with one attached hydrogen (secondary N) is 1. The molecule has 1 N–H and O–H groups in total. The van der Waals surface area contributed by atoms with Crippen LogP contribution < -0.4 is 5.56 Å². The Kier molecular flexibility index (Phi) is 1.20. The van der Waals surface area contributed by atoms with Gasteiger partial charge >= 0.3 is 0 Å². The maximum atomic E-state index is 11.5. The molecule has 2 aromatic heterocycles. The number of hydrogen-bond acceptors (Lipinski definition) is 1. The first kappa shape index (κ1) is 6.95. The average molecular weight is 174 g/mol. The molecular weight excluding hydrogens is 164 g/mol. The lowest BCUT2D eigenvalue weighted by atomic mass is 10.3. The van der Waals surface area contributed by atoms with Crippen LogP contribution in [0.15, 0.2) is 29.3 Å². The van der Waals surface area contributed by atoms with Gasteiger partial charge in [-0.1, -0.05) is 0 Å². The fraction of sp³-hybridized carbons (Fsp3) is 0.300. The molecule has 3 rings (SSSR count). The van der Waals surface area contributed by atoms with Gasteiger partial charge in [0, 0.05) is 24.0 Å². The number of aromatic nitrogens is 2. The van der Waals surface area contributed by atoms with Crippen LogP contribution in [0, 0.1) is 0 Å². The van der Waals surface area contributed by atoms with Crippen LogP contribution in [0.3, 0.4) is 0 Å². The zero-order valence-electron chi connectivity index (χ0n) is 7.16. The van der Waals surface area contributed by atoms with Gasteiger partial charge in [0.2, 0.25) is 0 Å². The number of H-pyrrole nitrogens is 1. The normalized spacial score (nSPS) is 16.6. The molecule has 3 heteroatoms. The molecule has 0 amide bonds. The molecule has 0 aromatic carbocycles. The monoisotopic (exact) mass is 174 g/mol. The van der Waals surface area contributed by atoms with Gasteiger partial charge in [-0.3, -0.25) is 4.79 Å². The molecule has 1 aliphatic carbocycles. The highest BCUT2D eigenvalue weighted by Gasteiger charge is 2.24. The van der Waals surface area contributed by atoms with Crippen LogP contribution >= 0.6 is 0 Å². The Balaban J connectivity index is 2.33. The predicted octanol–water partition coefficient (Wildman–Crippen LogP) is 1.50. The fourth-order valence-corrected chi connectivity index (χ4v) is 1.68. The minimum Gasteiger partial charge on any atom is -0.323 e. The Hall–Kier alpha value is -1.51. The van der Waals surface area contributed by atoms with Crippen LogP contribution in [0.25, 0.3) is 5.52 Å². The Labute approximate surface area is 75.0 Å². The van der Waals surface area contributed by atoms with Gasteiger partial charge in [-0.25, -0.2) is 0 Å². The molecule has 0 unspecified atom stereocenters. The molecule has 3 nitrogen and oxygen atoms in total. The van der Waals surface area contributed by atoms with Gasteiger partial charge in [-0.05, 0) is 25.0 Å². The largest absolute Gasteiger partial charge is 0.323 e. The summed E-state index contributed by atoms with van der Waals surface area (Å²) < 4.78 is 1.90. The van der Waals surface area contributed by atoms with Crippen molar-refractivity contribution in [1.82, 2.24) is 9.38 Å². The van der Waals surface area contributed by atoms with Crippen LogP contribution in [0.5, 0.6) is 0 Å². The molecule has 0 aliphatic heterocycles. The summed E-state index contributed by atoms with van der Waals surface area (Å²) in [6.45, 7) is 0. The third kappa shape index (κ3) is 1.00. The zero-order chi connectivity index (χ0) is 8.84. The van der Waals surface area contributed by atoms with E-state index >= 15 is 0 Å². The highest BCUT2D eigenvalue weighted by atomic mass is 16.1. The van der Waals surface area contributed by atoms with Crippen molar-refractivity contribution in [3.05, 3.63) is 40.6 Å². The first-order valence-corrected chi connectivity index (χ1v) is 4.54. The van der Waals surface area contributed by atoms with Crippen molar-refractivity contribution in [3.63, 3.8) is 0 Å². The van der Waals surface area contributed by atoms with Gasteiger partial charge in [0.05, 0.1) is 0 Å². The SMILES string of the molecule is O=c1[nH]c(C2CC2)cn2cccc12. The Morgan fingerprint density at radius 2 is 2.31 bits per heavy atom. The highest BCUT2D eigenvalue weighted by Crippen LogP contribution is 2.38. The van der Waals surface area contributed by atoms with Crippen LogP contribution in [0.1, 0.15) is 24.5 Å². The maximum Gasteiger partial charge on any atom is 0.272 e. The fourth-order valence-electron chi connectivity index (χ4n) is 1.68. The molecule has 66 valence electrons. The van der Waals surface area contributed by atoms with Crippen molar-refractivity contribution in [2.24, 2.45) is 0 Å². The Morgan fingerprint density at radius 3 is 3.08 bits per heavy atom. The van der Waals surface area contributed by atoms with E-state index in [0.717, 1.165) is 11.2 Å². The number of rotatable bonds is 1. The van der Waals surface area contributed by atoms with Crippen molar-refractivity contribution in [2.45, 2.75) is 18.8 Å². The summed E-state index contributed by atoms with van der Waals surface area (Å²) in [5, 5.41) is 0. The Bertz CT molecular complexity index is 505. The van der Waals surface area contributed by atoms with E-state index in [4.69, 9.17) is 0 Å². The minimum absolute atomic E-state index is 0.0226. The van der Waals surface area contributed by atoms with Crippen molar-refractivity contribution in [3.8, 4) is 0 Å². The molecule has 0 atom stereocenters. The first-order chi connectivity index (χ1) is 6.34. The van der Waals surface area contributed by atoms with Gasteiger partial charge < -0.3 is 9.38 Å². The summed E-state index contributed by atoms with van der Waals surface area (Å²) in [4.78, 5) is 14.4. The second kappa shape index (κ2) is 2.25. The third-order valence-electron chi connectivity index (χ3n) is 2.56. The van der Waals surface area contributed by atoms with Gasteiger partial charge in [0.25, 0.3) is 5.56 Å². The smallest absolute Gasteiger partial charge is 0.272 e. The molecule has 1 aliphatic rings. The van der Waals surface area contributed by atoms with Crippen molar-refractivity contribution in [2.75, 3.05) is 0 Å². The second-order valence-corrected chi connectivity index (χ2v) is 3.61. The number of nitrogens with zero attached hydrogens (tertiary/aromatic N) is 1. The molecule has 2 aromatic rings. The van der Waals surface area contributed by atoms with E-state index in [-0.39, 0.29) is 5.56 Å². The predicted molar refractivity (Wildman–Crippen MR) is 50.0 cm³/mol. The average Bonchev–Trinajstić information content (AvgIpc) is 2.85. The summed E-state index contributed by atoms with van der Waals surface area (Å²) in [7, 11) is 0. The van der Waals surface area contributed by atoms with Crippen LogP contribution in [-0.4, -0.2) is 9.38 Å². The van der Waals surface area contributed by atoms with E-state index in [1.807, 2.05) is 28.9 Å². The lowest BCUT2D eigenvalue weighted by Gasteiger charge is -1.99. The highest BCUT2D eigenvalue weighted by molar-refractivity contribution is 5.45. The van der Waals surface area contributed by atoms with E-state index in [0.29, 0.717) is 5.92 Å². The van der Waals surface area contributed by atoms with E-state index in [1.54, 1.807) is 0 Å². The van der Waals surface area contributed by atoms with E-state index in [1.165, 1.54) is 12.8 Å². The van der Waals surface area contributed by atoms with Gasteiger partial charge in [-0.2, -0.15) is 0 Å². The molecule has 0 bridgehead atoms. The minimum atomic E-state index is 0.0226. The molecular formula is C10H10N2O. The third-order valence-corrected chi connectivity index (χ3v) is 2.56. The molecule has 1 fully saturated rings. The summed E-state index contributed by atoms with van der Waals surface area (Å²) in [6.07, 6.45) is 6.36. The van der Waals surface area contributed by atoms with Crippen LogP contribution in [0.4, 0.5) is 0 Å². The van der Waals surface area contributed by atoms with Crippen LogP contribution in [0.2, 0.25) is 0 Å². The number of aromatic amines is 1. The van der Waals surface area contributed by atoms with E-state index < -0.39 is 0 Å². The molecule has 0 spiro atoms. The molecule has 0 saturated heterocycles. The standard InChI is InChI=1S/C10H10N2O/c13-10-9-2-1-5-12(9)6-8(11-10)7-3-4-7/h1-2,5-7H,3-4H2,(H,11,13). The summed E-state index contributed by atoms with van der Waals surface area (Å²) in [5.74, 6) is 0.597. The number of hydrogen-bond donors (Lipinski definition) is 1. The topological polar surface area (TPSA) is 37.3 Å². The van der Waals surface area contributed by atoms with Gasteiger partial charge in [0.15, 0.2) is 0 Å². The van der Waals surface area contributed by atoms with Crippen molar-refractivity contribution in [1.29, 1.82) is 0 Å². The van der Waals surface area contributed by atoms with Crippen molar-refractivity contribution < 1.29 is 0 Å². The number of fused-ring (bicyclic) bond motifs is 1. The lowest BCUT2D eigenvalue weighted by molar-refractivity contribution is 0.954. The second-order valence-electron chi connectivity index (χ2n) is 3.61.